The summed E-state index contributed by atoms with van der Waals surface area (Å²) in [6.07, 6.45) is -9.88. The number of nitrogens with zero attached hydrogens (tertiary/aromatic N) is 1. The number of para-hydroxylation sites is 3. The van der Waals surface area contributed by atoms with E-state index in [1.165, 1.54) is 12.1 Å². The zero-order chi connectivity index (χ0) is 19.4. The average molecular weight is 379 g/mol. The number of rotatable bonds is 1. The lowest BCUT2D eigenvalue weighted by molar-refractivity contribution is -0.142. The van der Waals surface area contributed by atoms with E-state index in [0.29, 0.717) is 22.9 Å². The largest absolute Gasteiger partial charge is 0.418 e. The van der Waals surface area contributed by atoms with Gasteiger partial charge in [0.15, 0.2) is 0 Å². The fraction of sp³-hybridized carbons (Fsp3) is 0.100. The van der Waals surface area contributed by atoms with Gasteiger partial charge in [-0.2, -0.15) is 26.3 Å². The van der Waals surface area contributed by atoms with Gasteiger partial charge in [0.1, 0.15) is 0 Å². The molecule has 27 heavy (non-hydrogen) atoms. The van der Waals surface area contributed by atoms with E-state index in [2.05, 4.69) is 0 Å². The summed E-state index contributed by atoms with van der Waals surface area (Å²) in [7, 11) is 0. The highest BCUT2D eigenvalue weighted by molar-refractivity contribution is 6.09. The maximum Gasteiger partial charge on any atom is 0.418 e. The minimum atomic E-state index is -4.94. The summed E-state index contributed by atoms with van der Waals surface area (Å²) < 4.78 is 82.8. The molecule has 138 valence electrons. The van der Waals surface area contributed by atoms with Crippen LogP contribution in [0.1, 0.15) is 11.1 Å². The molecule has 7 heteroatoms. The van der Waals surface area contributed by atoms with Gasteiger partial charge in [-0.15, -0.1) is 0 Å². The third-order valence-electron chi connectivity index (χ3n) is 4.45. The van der Waals surface area contributed by atoms with Crippen molar-refractivity contribution < 1.29 is 26.3 Å². The minimum absolute atomic E-state index is 0.279. The first-order chi connectivity index (χ1) is 12.7. The molecule has 0 saturated carbocycles. The number of benzene rings is 3. The Labute approximate surface area is 149 Å². The highest BCUT2D eigenvalue weighted by Gasteiger charge is 2.42. The molecule has 0 aliphatic heterocycles. The van der Waals surface area contributed by atoms with Gasteiger partial charge in [-0.25, -0.2) is 0 Å². The highest BCUT2D eigenvalue weighted by atomic mass is 19.4. The molecule has 0 bridgehead atoms. The highest BCUT2D eigenvalue weighted by Crippen LogP contribution is 2.44. The molecule has 0 saturated heterocycles. The summed E-state index contributed by atoms with van der Waals surface area (Å²) in [5, 5.41) is 1.16. The van der Waals surface area contributed by atoms with E-state index in [0.717, 1.165) is 10.6 Å². The summed E-state index contributed by atoms with van der Waals surface area (Å²) in [5.41, 5.74) is -3.01. The lowest BCUT2D eigenvalue weighted by Crippen LogP contribution is -2.17. The molecule has 0 fully saturated rings. The molecule has 0 radical (unpaired) electrons. The summed E-state index contributed by atoms with van der Waals surface area (Å²) in [6, 6.07) is 15.1. The molecular formula is C20H11F6N. The van der Waals surface area contributed by atoms with Crippen LogP contribution >= 0.6 is 0 Å². The zero-order valence-electron chi connectivity index (χ0n) is 13.6. The quantitative estimate of drug-likeness (QED) is 0.320. The van der Waals surface area contributed by atoms with E-state index in [-0.39, 0.29) is 11.0 Å². The molecule has 0 spiro atoms. The van der Waals surface area contributed by atoms with Gasteiger partial charge in [-0.3, -0.25) is 0 Å². The summed E-state index contributed by atoms with van der Waals surface area (Å²) in [6.45, 7) is 0. The lowest BCUT2D eigenvalue weighted by atomic mass is 10.1. The Bertz CT molecular complexity index is 1070. The minimum Gasteiger partial charge on any atom is -0.308 e. The third-order valence-corrected chi connectivity index (χ3v) is 4.45. The van der Waals surface area contributed by atoms with E-state index >= 15 is 0 Å². The van der Waals surface area contributed by atoms with Gasteiger partial charge in [0.2, 0.25) is 0 Å². The van der Waals surface area contributed by atoms with Crippen LogP contribution in [0.15, 0.2) is 66.7 Å². The number of halogens is 6. The van der Waals surface area contributed by atoms with Gasteiger partial charge in [0, 0.05) is 10.8 Å². The van der Waals surface area contributed by atoms with Gasteiger partial charge < -0.3 is 4.57 Å². The first-order valence-electron chi connectivity index (χ1n) is 7.95. The molecule has 1 nitrogen and oxygen atoms in total. The van der Waals surface area contributed by atoms with Crippen molar-refractivity contribution in [3.05, 3.63) is 77.9 Å². The number of hydrogen-bond acceptors (Lipinski definition) is 0. The van der Waals surface area contributed by atoms with Crippen molar-refractivity contribution in [3.8, 4) is 5.69 Å². The maximum absolute atomic E-state index is 13.6. The summed E-state index contributed by atoms with van der Waals surface area (Å²) in [5.74, 6) is 0. The van der Waals surface area contributed by atoms with Gasteiger partial charge in [0.05, 0.1) is 27.8 Å². The number of aromatic nitrogens is 1. The molecule has 4 aromatic rings. The summed E-state index contributed by atoms with van der Waals surface area (Å²) in [4.78, 5) is 0. The van der Waals surface area contributed by atoms with E-state index in [1.807, 2.05) is 0 Å². The number of fused-ring (bicyclic) bond motifs is 3. The Morgan fingerprint density at radius 2 is 0.926 bits per heavy atom. The Morgan fingerprint density at radius 1 is 0.519 bits per heavy atom. The van der Waals surface area contributed by atoms with Gasteiger partial charge in [0.25, 0.3) is 0 Å². The van der Waals surface area contributed by atoms with E-state index in [9.17, 15) is 26.3 Å². The molecular weight excluding hydrogens is 368 g/mol. The lowest BCUT2D eigenvalue weighted by Gasteiger charge is -2.21. The van der Waals surface area contributed by atoms with Crippen molar-refractivity contribution in [2.45, 2.75) is 12.4 Å². The van der Waals surface area contributed by atoms with Crippen LogP contribution in [0.2, 0.25) is 0 Å². The van der Waals surface area contributed by atoms with Crippen LogP contribution in [-0.2, 0) is 12.4 Å². The first-order valence-corrected chi connectivity index (χ1v) is 7.95. The molecule has 0 atom stereocenters. The maximum atomic E-state index is 13.6. The molecule has 0 aliphatic carbocycles. The van der Waals surface area contributed by atoms with Crippen LogP contribution in [0.3, 0.4) is 0 Å². The van der Waals surface area contributed by atoms with Gasteiger partial charge in [-0.05, 0) is 24.3 Å². The SMILES string of the molecule is FC(F)(F)c1cccc(C(F)(F)F)c1-n1c2ccccc2c2ccccc21. The fourth-order valence-corrected chi connectivity index (χ4v) is 3.41. The Balaban J connectivity index is 2.25. The van der Waals surface area contributed by atoms with Crippen LogP contribution in [0.25, 0.3) is 27.5 Å². The van der Waals surface area contributed by atoms with Crippen LogP contribution in [0, 0.1) is 0 Å². The molecule has 1 aromatic heterocycles. The molecule has 3 aromatic carbocycles. The monoisotopic (exact) mass is 379 g/mol. The predicted molar refractivity (Wildman–Crippen MR) is 90.8 cm³/mol. The van der Waals surface area contributed by atoms with Crippen LogP contribution in [-0.4, -0.2) is 4.57 Å². The van der Waals surface area contributed by atoms with Crippen molar-refractivity contribution in [1.29, 1.82) is 0 Å². The molecule has 0 amide bonds. The zero-order valence-corrected chi connectivity index (χ0v) is 13.6. The van der Waals surface area contributed by atoms with Crippen LogP contribution in [0.5, 0.6) is 0 Å². The number of hydrogen-bond donors (Lipinski definition) is 0. The Hall–Kier alpha value is -2.96. The molecule has 1 heterocycles. The number of alkyl halides is 6. The second kappa shape index (κ2) is 5.77. The van der Waals surface area contributed by atoms with Crippen LogP contribution in [0.4, 0.5) is 26.3 Å². The van der Waals surface area contributed by atoms with Crippen molar-refractivity contribution in [3.63, 3.8) is 0 Å². The second-order valence-corrected chi connectivity index (χ2v) is 6.07. The second-order valence-electron chi connectivity index (χ2n) is 6.07. The standard InChI is InChI=1S/C20H11F6N/c21-19(22,23)14-8-5-9-15(20(24,25)26)18(14)27-16-10-3-1-6-12(16)13-7-2-4-11-17(13)27/h1-11H. The normalized spacial score (nSPS) is 12.8. The fourth-order valence-electron chi connectivity index (χ4n) is 3.41. The van der Waals surface area contributed by atoms with Crippen molar-refractivity contribution in [2.24, 2.45) is 0 Å². The molecule has 4 rings (SSSR count). The Morgan fingerprint density at radius 3 is 1.33 bits per heavy atom. The summed E-state index contributed by atoms with van der Waals surface area (Å²) >= 11 is 0. The smallest absolute Gasteiger partial charge is 0.308 e. The average Bonchev–Trinajstić information content (AvgIpc) is 2.94. The van der Waals surface area contributed by atoms with E-state index in [4.69, 9.17) is 0 Å². The molecule has 0 aliphatic rings. The Kier molecular flexibility index (Phi) is 3.73. The van der Waals surface area contributed by atoms with Gasteiger partial charge >= 0.3 is 12.4 Å². The van der Waals surface area contributed by atoms with Crippen molar-refractivity contribution >= 4 is 21.8 Å². The van der Waals surface area contributed by atoms with E-state index < -0.39 is 29.2 Å². The predicted octanol–water partition coefficient (Wildman–Crippen LogP) is 6.82. The van der Waals surface area contributed by atoms with E-state index in [1.54, 1.807) is 36.4 Å². The third kappa shape index (κ3) is 2.74. The molecule has 0 N–H and O–H groups in total. The van der Waals surface area contributed by atoms with Crippen molar-refractivity contribution in [1.82, 2.24) is 4.57 Å². The van der Waals surface area contributed by atoms with Crippen LogP contribution < -0.4 is 0 Å². The molecule has 0 unspecified atom stereocenters. The van der Waals surface area contributed by atoms with Crippen molar-refractivity contribution in [2.75, 3.05) is 0 Å². The topological polar surface area (TPSA) is 4.93 Å². The first kappa shape index (κ1) is 17.5. The van der Waals surface area contributed by atoms with Gasteiger partial charge in [-0.1, -0.05) is 42.5 Å².